The number of nitrogens with one attached hydrogen (secondary N) is 4. The molecule has 12 heteroatoms. The fraction of sp³-hybridized carbons (Fsp3) is 0.0417. The molecule has 0 fully saturated rings. The Bertz CT molecular complexity index is 2460. The van der Waals surface area contributed by atoms with Crippen molar-refractivity contribution in [2.24, 2.45) is 0 Å². The molecule has 12 nitrogen and oxygen atoms in total. The van der Waals surface area contributed by atoms with E-state index in [1.807, 2.05) is 50.2 Å². The number of benzene rings is 7. The summed E-state index contributed by atoms with van der Waals surface area (Å²) in [5.74, 6) is -0.840. The van der Waals surface area contributed by atoms with E-state index in [9.17, 15) is 19.2 Å². The summed E-state index contributed by atoms with van der Waals surface area (Å²) in [6.07, 6.45) is 0. The lowest BCUT2D eigenvalue weighted by Gasteiger charge is -2.13. The van der Waals surface area contributed by atoms with Crippen molar-refractivity contribution < 1.29 is 19.2 Å². The fourth-order valence-electron chi connectivity index (χ4n) is 5.94. The predicted octanol–water partition coefficient (Wildman–Crippen LogP) is 9.00. The van der Waals surface area contributed by atoms with Crippen LogP contribution in [0.25, 0.3) is 11.1 Å². The minimum Gasteiger partial charge on any atom is -0.399 e. The van der Waals surface area contributed by atoms with Crippen molar-refractivity contribution in [3.05, 3.63) is 191 Å². The van der Waals surface area contributed by atoms with Crippen molar-refractivity contribution in [1.29, 1.82) is 0 Å². The van der Waals surface area contributed by atoms with Crippen molar-refractivity contribution in [1.82, 2.24) is 0 Å². The summed E-state index contributed by atoms with van der Waals surface area (Å²) in [4.78, 5) is 49.4. The Morgan fingerprint density at radius 3 is 0.833 bits per heavy atom. The standard InChI is InChI=1S/C28H26N4O2.C20H18N4O2/c1-17-15-21(7-13-25(17)31-27(33)19-3-9-23(29)10-4-19)22-8-14-26(18(2)16-22)32-28(34)20-5-11-24(30)12-6-20;21-15-5-1-13(2-6-15)19(25)23-17-9-11-18(12-10-17)24-20(26)14-3-7-16(22)8-4-14/h3-16H,29-30H2,1-2H3,(H,31,33)(H,32,34);1-12H,21-22H2,(H,23,25)(H,24,26). The number of nitrogen functional groups attached to an aromatic ring is 4. The molecule has 0 atom stereocenters. The van der Waals surface area contributed by atoms with Crippen LogP contribution in [0.4, 0.5) is 45.5 Å². The molecule has 0 bridgehead atoms. The van der Waals surface area contributed by atoms with Crippen molar-refractivity contribution in [2.75, 3.05) is 44.2 Å². The minimum atomic E-state index is -0.233. The third-order valence-corrected chi connectivity index (χ3v) is 9.37. The zero-order valence-corrected chi connectivity index (χ0v) is 33.0. The molecule has 0 saturated carbocycles. The Morgan fingerprint density at radius 1 is 0.333 bits per heavy atom. The molecule has 0 unspecified atom stereocenters. The van der Waals surface area contributed by atoms with Crippen LogP contribution in [-0.4, -0.2) is 23.6 Å². The number of nitrogens with two attached hydrogens (primary N) is 4. The average molecular weight is 797 g/mol. The van der Waals surface area contributed by atoms with Crippen molar-refractivity contribution in [2.45, 2.75) is 13.8 Å². The molecular formula is C48H44N8O4. The first-order valence-electron chi connectivity index (χ1n) is 18.8. The molecule has 7 rings (SSSR count). The predicted molar refractivity (Wildman–Crippen MR) is 243 cm³/mol. The second kappa shape index (κ2) is 18.7. The van der Waals surface area contributed by atoms with Crippen LogP contribution in [0.5, 0.6) is 0 Å². The van der Waals surface area contributed by atoms with E-state index >= 15 is 0 Å². The van der Waals surface area contributed by atoms with Crippen molar-refractivity contribution in [3.8, 4) is 11.1 Å². The molecule has 0 aliphatic carbocycles. The Labute approximate surface area is 347 Å². The van der Waals surface area contributed by atoms with Gasteiger partial charge >= 0.3 is 0 Å². The van der Waals surface area contributed by atoms with E-state index in [2.05, 4.69) is 21.3 Å². The van der Waals surface area contributed by atoms with E-state index in [1.54, 1.807) is 121 Å². The van der Waals surface area contributed by atoms with Gasteiger partial charge in [-0.1, -0.05) is 12.1 Å². The van der Waals surface area contributed by atoms with Crippen molar-refractivity contribution in [3.63, 3.8) is 0 Å². The van der Waals surface area contributed by atoms with E-state index in [0.717, 1.165) is 33.6 Å². The number of rotatable bonds is 9. The number of aryl methyl sites for hydroxylation is 2. The topological polar surface area (TPSA) is 220 Å². The highest BCUT2D eigenvalue weighted by Gasteiger charge is 2.12. The lowest BCUT2D eigenvalue weighted by atomic mass is 9.99. The lowest BCUT2D eigenvalue weighted by Crippen LogP contribution is -2.13. The summed E-state index contributed by atoms with van der Waals surface area (Å²) in [6.45, 7) is 3.91. The monoisotopic (exact) mass is 796 g/mol. The second-order valence-corrected chi connectivity index (χ2v) is 13.9. The van der Waals surface area contributed by atoms with Gasteiger partial charge in [0.2, 0.25) is 0 Å². The van der Waals surface area contributed by atoms with Gasteiger partial charge in [-0.25, -0.2) is 0 Å². The summed E-state index contributed by atoms with van der Waals surface area (Å²) >= 11 is 0. The summed E-state index contributed by atoms with van der Waals surface area (Å²) in [5, 5.41) is 11.5. The smallest absolute Gasteiger partial charge is 0.255 e. The van der Waals surface area contributed by atoms with Gasteiger partial charge in [0.15, 0.2) is 0 Å². The second-order valence-electron chi connectivity index (χ2n) is 13.9. The molecule has 0 spiro atoms. The Morgan fingerprint density at radius 2 is 0.583 bits per heavy atom. The zero-order valence-electron chi connectivity index (χ0n) is 33.0. The first kappa shape index (κ1) is 41.3. The van der Waals surface area contributed by atoms with Crippen LogP contribution >= 0.6 is 0 Å². The van der Waals surface area contributed by atoms with Gasteiger partial charge in [-0.2, -0.15) is 0 Å². The van der Waals surface area contributed by atoms with Gasteiger partial charge in [0.25, 0.3) is 23.6 Å². The maximum atomic E-state index is 12.5. The number of amides is 4. The number of carbonyl (C=O) groups excluding carboxylic acids is 4. The molecule has 0 aromatic heterocycles. The van der Waals surface area contributed by atoms with Crippen LogP contribution < -0.4 is 44.2 Å². The summed E-state index contributed by atoms with van der Waals surface area (Å²) in [5.41, 5.74) is 33.8. The number of hydrogen-bond acceptors (Lipinski definition) is 8. The number of anilines is 8. The van der Waals surface area contributed by atoms with Gasteiger partial charge in [-0.05, 0) is 182 Å². The Hall–Kier alpha value is -8.38. The van der Waals surface area contributed by atoms with Crippen LogP contribution in [0.2, 0.25) is 0 Å². The van der Waals surface area contributed by atoms with E-state index in [-0.39, 0.29) is 23.6 Å². The van der Waals surface area contributed by atoms with Gasteiger partial charge in [0.1, 0.15) is 0 Å². The highest BCUT2D eigenvalue weighted by atomic mass is 16.2. The highest BCUT2D eigenvalue weighted by Crippen LogP contribution is 2.29. The molecule has 0 radical (unpaired) electrons. The molecule has 12 N–H and O–H groups in total. The first-order chi connectivity index (χ1) is 28.8. The van der Waals surface area contributed by atoms with E-state index in [1.165, 1.54) is 0 Å². The normalized spacial score (nSPS) is 10.4. The first-order valence-corrected chi connectivity index (χ1v) is 18.8. The van der Waals surface area contributed by atoms with Gasteiger partial charge < -0.3 is 44.2 Å². The maximum absolute atomic E-state index is 12.5. The van der Waals surface area contributed by atoms with E-state index < -0.39 is 0 Å². The average Bonchev–Trinajstić information content (AvgIpc) is 3.24. The number of carbonyl (C=O) groups is 4. The van der Waals surface area contributed by atoms with Crippen LogP contribution in [-0.2, 0) is 0 Å². The SMILES string of the molecule is Cc1cc(-c2ccc(NC(=O)c3ccc(N)cc3)c(C)c2)ccc1NC(=O)c1ccc(N)cc1.Nc1ccc(C(=O)Nc2ccc(NC(=O)c3ccc(N)cc3)cc2)cc1. The summed E-state index contributed by atoms with van der Waals surface area (Å²) < 4.78 is 0. The Balaban J connectivity index is 0.000000209. The molecule has 7 aromatic carbocycles. The lowest BCUT2D eigenvalue weighted by molar-refractivity contribution is 0.101. The van der Waals surface area contributed by atoms with E-state index in [4.69, 9.17) is 22.9 Å². The van der Waals surface area contributed by atoms with Crippen LogP contribution in [0.15, 0.2) is 158 Å². The quantitative estimate of drug-likeness (QED) is 0.0657. The molecule has 0 aliphatic heterocycles. The van der Waals surface area contributed by atoms with Crippen LogP contribution in [0.1, 0.15) is 52.6 Å². The highest BCUT2D eigenvalue weighted by molar-refractivity contribution is 6.07. The van der Waals surface area contributed by atoms with Crippen LogP contribution in [0, 0.1) is 13.8 Å². The minimum absolute atomic E-state index is 0.187. The summed E-state index contributed by atoms with van der Waals surface area (Å²) in [6, 6.07) is 45.6. The van der Waals surface area contributed by atoms with Crippen LogP contribution in [0.3, 0.4) is 0 Å². The van der Waals surface area contributed by atoms with Gasteiger partial charge in [-0.3, -0.25) is 19.2 Å². The molecule has 0 aliphatic rings. The molecule has 60 heavy (non-hydrogen) atoms. The van der Waals surface area contributed by atoms with E-state index in [0.29, 0.717) is 56.4 Å². The largest absolute Gasteiger partial charge is 0.399 e. The molecule has 0 heterocycles. The molecule has 4 amide bonds. The van der Waals surface area contributed by atoms with Crippen molar-refractivity contribution >= 4 is 69.1 Å². The fourth-order valence-corrected chi connectivity index (χ4v) is 5.94. The zero-order chi connectivity index (χ0) is 42.8. The van der Waals surface area contributed by atoms with Gasteiger partial charge in [-0.15, -0.1) is 0 Å². The van der Waals surface area contributed by atoms with Gasteiger partial charge in [0, 0.05) is 67.8 Å². The Kier molecular flexibility index (Phi) is 12.9. The third-order valence-electron chi connectivity index (χ3n) is 9.37. The third kappa shape index (κ3) is 10.9. The molecule has 300 valence electrons. The summed E-state index contributed by atoms with van der Waals surface area (Å²) in [7, 11) is 0. The number of hydrogen-bond donors (Lipinski definition) is 8. The van der Waals surface area contributed by atoms with Gasteiger partial charge in [0.05, 0.1) is 0 Å². The molecule has 7 aromatic rings. The molecule has 0 saturated heterocycles. The molecular weight excluding hydrogens is 753 g/mol. The maximum Gasteiger partial charge on any atom is 0.255 e.